The average molecular weight is 273 g/mol. The summed E-state index contributed by atoms with van der Waals surface area (Å²) in [6, 6.07) is 3.50. The molecule has 0 saturated carbocycles. The van der Waals surface area contributed by atoms with Gasteiger partial charge in [-0.2, -0.15) is 5.26 Å². The lowest BCUT2D eigenvalue weighted by molar-refractivity contribution is -0.386. The minimum Gasteiger partial charge on any atom is -0.502 e. The minimum atomic E-state index is -0.755. The van der Waals surface area contributed by atoms with Gasteiger partial charge >= 0.3 is 5.69 Å². The van der Waals surface area contributed by atoms with Crippen LogP contribution in [0, 0.1) is 21.4 Å². The molecule has 0 aliphatic heterocycles. The predicted molar refractivity (Wildman–Crippen MR) is 67.3 cm³/mol. The van der Waals surface area contributed by atoms with E-state index in [1.165, 1.54) is 6.07 Å². The van der Waals surface area contributed by atoms with Crippen LogP contribution in [0.3, 0.4) is 0 Å². The standard InChI is InChI=1S/C10H12N4O3.ClH/c11-2-1-8(13)7-3-6(5-12)4-9(10(7)15)14(16)17;/h3-4,8,15H,1-2,11,13H2;1H/t8-;/m1./s1. The summed E-state index contributed by atoms with van der Waals surface area (Å²) in [5.74, 6) is -0.505. The maximum atomic E-state index is 10.7. The molecule has 18 heavy (non-hydrogen) atoms. The van der Waals surface area contributed by atoms with E-state index in [4.69, 9.17) is 16.7 Å². The van der Waals surface area contributed by atoms with E-state index in [9.17, 15) is 15.2 Å². The largest absolute Gasteiger partial charge is 0.502 e. The first-order valence-corrected chi connectivity index (χ1v) is 4.88. The second-order valence-electron chi connectivity index (χ2n) is 3.49. The first-order valence-electron chi connectivity index (χ1n) is 4.88. The Hall–Kier alpha value is -1.88. The number of nitrogens with zero attached hydrogens (tertiary/aromatic N) is 2. The van der Waals surface area contributed by atoms with Crippen molar-refractivity contribution in [1.82, 2.24) is 0 Å². The number of hydrogen-bond donors (Lipinski definition) is 3. The molecular weight excluding hydrogens is 260 g/mol. The first-order chi connectivity index (χ1) is 8.01. The van der Waals surface area contributed by atoms with Crippen molar-refractivity contribution in [3.05, 3.63) is 33.4 Å². The van der Waals surface area contributed by atoms with Gasteiger partial charge in [0.2, 0.25) is 0 Å². The number of benzene rings is 1. The molecule has 1 aromatic rings. The molecular formula is C10H13ClN4O3. The third-order valence-corrected chi connectivity index (χ3v) is 2.32. The van der Waals surface area contributed by atoms with Gasteiger partial charge in [0, 0.05) is 17.7 Å². The molecule has 0 unspecified atom stereocenters. The average Bonchev–Trinajstić information content (AvgIpc) is 2.29. The fourth-order valence-electron chi connectivity index (χ4n) is 1.46. The van der Waals surface area contributed by atoms with Gasteiger partial charge in [-0.25, -0.2) is 0 Å². The second-order valence-corrected chi connectivity index (χ2v) is 3.49. The van der Waals surface area contributed by atoms with Gasteiger partial charge in [-0.1, -0.05) is 0 Å². The molecule has 98 valence electrons. The quantitative estimate of drug-likeness (QED) is 0.550. The third kappa shape index (κ3) is 3.30. The highest BCUT2D eigenvalue weighted by Gasteiger charge is 2.22. The predicted octanol–water partition coefficient (Wildman–Crippen LogP) is 0.942. The van der Waals surface area contributed by atoms with Crippen LogP contribution in [-0.4, -0.2) is 16.6 Å². The number of aromatic hydroxyl groups is 1. The van der Waals surface area contributed by atoms with Crippen LogP contribution in [-0.2, 0) is 0 Å². The summed E-state index contributed by atoms with van der Waals surface area (Å²) < 4.78 is 0. The van der Waals surface area contributed by atoms with E-state index < -0.39 is 22.4 Å². The smallest absolute Gasteiger partial charge is 0.312 e. The van der Waals surface area contributed by atoms with E-state index in [0.29, 0.717) is 6.42 Å². The maximum Gasteiger partial charge on any atom is 0.312 e. The van der Waals surface area contributed by atoms with Crippen LogP contribution in [0.25, 0.3) is 0 Å². The van der Waals surface area contributed by atoms with Gasteiger partial charge in [-0.3, -0.25) is 10.1 Å². The first kappa shape index (κ1) is 16.1. The maximum absolute atomic E-state index is 10.7. The van der Waals surface area contributed by atoms with Gasteiger partial charge < -0.3 is 16.6 Å². The Labute approximate surface area is 110 Å². The Kier molecular flexibility index (Phi) is 6.05. The Morgan fingerprint density at radius 2 is 2.17 bits per heavy atom. The van der Waals surface area contributed by atoms with Crippen molar-refractivity contribution in [2.75, 3.05) is 6.54 Å². The molecule has 0 aromatic heterocycles. The zero-order chi connectivity index (χ0) is 13.0. The summed E-state index contributed by atoms with van der Waals surface area (Å²) in [5.41, 5.74) is 10.8. The molecule has 0 bridgehead atoms. The summed E-state index contributed by atoms with van der Waals surface area (Å²) >= 11 is 0. The van der Waals surface area contributed by atoms with Crippen molar-refractivity contribution in [2.24, 2.45) is 11.5 Å². The number of halogens is 1. The molecule has 0 radical (unpaired) electrons. The molecule has 0 amide bonds. The third-order valence-electron chi connectivity index (χ3n) is 2.32. The fraction of sp³-hybridized carbons (Fsp3) is 0.300. The summed E-state index contributed by atoms with van der Waals surface area (Å²) in [7, 11) is 0. The lowest BCUT2D eigenvalue weighted by Crippen LogP contribution is -2.16. The van der Waals surface area contributed by atoms with Crippen LogP contribution < -0.4 is 11.5 Å². The molecule has 1 aromatic carbocycles. The van der Waals surface area contributed by atoms with E-state index in [1.807, 2.05) is 0 Å². The number of hydrogen-bond acceptors (Lipinski definition) is 6. The van der Waals surface area contributed by atoms with Crippen molar-refractivity contribution < 1.29 is 10.0 Å². The normalized spacial score (nSPS) is 11.2. The highest BCUT2D eigenvalue weighted by atomic mass is 35.5. The SMILES string of the molecule is Cl.N#Cc1cc([C@H](N)CCN)c(O)c([N+](=O)[O-])c1. The van der Waals surface area contributed by atoms with Gasteiger partial charge in [0.25, 0.3) is 0 Å². The molecule has 1 rings (SSSR count). The van der Waals surface area contributed by atoms with E-state index in [-0.39, 0.29) is 30.1 Å². The molecule has 0 fully saturated rings. The van der Waals surface area contributed by atoms with Gasteiger partial charge in [0.1, 0.15) is 0 Å². The Bertz CT molecular complexity index is 487. The van der Waals surface area contributed by atoms with Crippen LogP contribution in [0.1, 0.15) is 23.6 Å². The summed E-state index contributed by atoms with van der Waals surface area (Å²) in [6.07, 6.45) is 0.361. The molecule has 0 aliphatic rings. The summed E-state index contributed by atoms with van der Waals surface area (Å²) in [4.78, 5) is 9.94. The number of nitriles is 1. The highest BCUT2D eigenvalue weighted by Crippen LogP contribution is 2.34. The number of nitro benzene ring substituents is 1. The van der Waals surface area contributed by atoms with Crippen LogP contribution in [0.2, 0.25) is 0 Å². The molecule has 8 heteroatoms. The molecule has 0 aliphatic carbocycles. The van der Waals surface area contributed by atoms with E-state index in [0.717, 1.165) is 6.07 Å². The van der Waals surface area contributed by atoms with Crippen molar-refractivity contribution in [3.63, 3.8) is 0 Å². The number of nitrogens with two attached hydrogens (primary N) is 2. The zero-order valence-electron chi connectivity index (χ0n) is 9.37. The minimum absolute atomic E-state index is 0. The number of nitro groups is 1. The topological polar surface area (TPSA) is 139 Å². The molecule has 0 heterocycles. The van der Waals surface area contributed by atoms with Crippen LogP contribution in [0.15, 0.2) is 12.1 Å². The van der Waals surface area contributed by atoms with Crippen molar-refractivity contribution in [2.45, 2.75) is 12.5 Å². The van der Waals surface area contributed by atoms with E-state index in [1.54, 1.807) is 6.07 Å². The monoisotopic (exact) mass is 272 g/mol. The summed E-state index contributed by atoms with van der Waals surface area (Å²) in [6.45, 7) is 0.283. The molecule has 1 atom stereocenters. The van der Waals surface area contributed by atoms with Crippen molar-refractivity contribution in [1.29, 1.82) is 5.26 Å². The molecule has 5 N–H and O–H groups in total. The van der Waals surface area contributed by atoms with Gasteiger partial charge in [0.15, 0.2) is 5.75 Å². The van der Waals surface area contributed by atoms with Crippen LogP contribution in [0.5, 0.6) is 5.75 Å². The van der Waals surface area contributed by atoms with E-state index in [2.05, 4.69) is 0 Å². The van der Waals surface area contributed by atoms with Gasteiger partial charge in [-0.15, -0.1) is 12.4 Å². The summed E-state index contributed by atoms with van der Waals surface area (Å²) in [5, 5.41) is 29.1. The zero-order valence-corrected chi connectivity index (χ0v) is 10.2. The van der Waals surface area contributed by atoms with Crippen LogP contribution in [0.4, 0.5) is 5.69 Å². The number of phenolic OH excluding ortho intramolecular Hbond substituents is 1. The second kappa shape index (κ2) is 6.76. The molecule has 7 nitrogen and oxygen atoms in total. The van der Waals surface area contributed by atoms with Crippen LogP contribution >= 0.6 is 12.4 Å². The van der Waals surface area contributed by atoms with Crippen molar-refractivity contribution >= 4 is 18.1 Å². The van der Waals surface area contributed by atoms with Crippen molar-refractivity contribution in [3.8, 4) is 11.8 Å². The Morgan fingerprint density at radius 3 is 2.61 bits per heavy atom. The van der Waals surface area contributed by atoms with E-state index >= 15 is 0 Å². The molecule has 0 spiro atoms. The fourth-order valence-corrected chi connectivity index (χ4v) is 1.46. The highest BCUT2D eigenvalue weighted by molar-refractivity contribution is 5.85. The number of phenols is 1. The number of rotatable bonds is 4. The Balaban J connectivity index is 0.00000289. The lowest BCUT2D eigenvalue weighted by atomic mass is 10.00. The molecule has 0 saturated heterocycles. The lowest BCUT2D eigenvalue weighted by Gasteiger charge is -2.12. The van der Waals surface area contributed by atoms with Gasteiger partial charge in [0.05, 0.1) is 16.6 Å². The Morgan fingerprint density at radius 1 is 1.56 bits per heavy atom. The van der Waals surface area contributed by atoms with Gasteiger partial charge in [-0.05, 0) is 19.0 Å².